The molecular weight excluding hydrogens is 322 g/mol. The molecule has 0 unspecified atom stereocenters. The van der Waals surface area contributed by atoms with Crippen LogP contribution in [0.1, 0.15) is 24.4 Å². The molecule has 3 rings (SSSR count). The van der Waals surface area contributed by atoms with E-state index in [4.69, 9.17) is 0 Å². The number of thioether (sulfide) groups is 1. The van der Waals surface area contributed by atoms with Crippen LogP contribution in [0.4, 0.5) is 0 Å². The van der Waals surface area contributed by atoms with Crippen molar-refractivity contribution >= 4 is 17.7 Å². The van der Waals surface area contributed by atoms with E-state index in [-0.39, 0.29) is 11.9 Å². The lowest BCUT2D eigenvalue weighted by molar-refractivity contribution is -0.126. The summed E-state index contributed by atoms with van der Waals surface area (Å²) in [6, 6.07) is 3.64. The van der Waals surface area contributed by atoms with Gasteiger partial charge in [0.05, 0.1) is 0 Å². The number of nitrogens with zero attached hydrogens (tertiary/aromatic N) is 4. The van der Waals surface area contributed by atoms with E-state index in [1.165, 1.54) is 0 Å². The van der Waals surface area contributed by atoms with Crippen molar-refractivity contribution in [2.24, 2.45) is 7.05 Å². The van der Waals surface area contributed by atoms with Gasteiger partial charge in [-0.05, 0) is 37.6 Å². The first-order valence-electron chi connectivity index (χ1n) is 8.27. The summed E-state index contributed by atoms with van der Waals surface area (Å²) in [6.07, 6.45) is 9.55. The standard InChI is InChI=1S/C17H23N5OS/c1-21-11-7-20-17(21)24-12-8-19-16(23)15(22-9-2-3-10-22)14-5-4-6-18-13-14/h4-7,11,13,15H,2-3,8-10,12H2,1H3,(H,19,23)/t15-/m1/s1. The van der Waals surface area contributed by atoms with E-state index < -0.39 is 0 Å². The third kappa shape index (κ3) is 4.15. The Hall–Kier alpha value is -1.86. The molecule has 0 saturated carbocycles. The lowest BCUT2D eigenvalue weighted by Crippen LogP contribution is -2.40. The van der Waals surface area contributed by atoms with E-state index in [0.29, 0.717) is 6.54 Å². The maximum Gasteiger partial charge on any atom is 0.242 e. The molecule has 24 heavy (non-hydrogen) atoms. The fourth-order valence-electron chi connectivity index (χ4n) is 2.97. The highest BCUT2D eigenvalue weighted by molar-refractivity contribution is 7.99. The van der Waals surface area contributed by atoms with E-state index in [9.17, 15) is 4.79 Å². The van der Waals surface area contributed by atoms with Gasteiger partial charge in [0.2, 0.25) is 5.91 Å². The Kier molecular flexibility index (Phi) is 5.87. The fraction of sp³-hybridized carbons (Fsp3) is 0.471. The molecule has 7 heteroatoms. The number of pyridine rings is 1. The van der Waals surface area contributed by atoms with E-state index in [2.05, 4.69) is 20.2 Å². The molecule has 128 valence electrons. The van der Waals surface area contributed by atoms with Gasteiger partial charge < -0.3 is 9.88 Å². The minimum absolute atomic E-state index is 0.0605. The maximum absolute atomic E-state index is 12.7. The van der Waals surface area contributed by atoms with Crippen LogP contribution < -0.4 is 5.32 Å². The lowest BCUT2D eigenvalue weighted by atomic mass is 10.1. The van der Waals surface area contributed by atoms with Gasteiger partial charge in [0.25, 0.3) is 0 Å². The van der Waals surface area contributed by atoms with E-state index in [1.54, 1.807) is 30.4 Å². The summed E-state index contributed by atoms with van der Waals surface area (Å²) >= 11 is 1.65. The monoisotopic (exact) mass is 345 g/mol. The lowest BCUT2D eigenvalue weighted by Gasteiger charge is -2.26. The van der Waals surface area contributed by atoms with Crippen molar-refractivity contribution in [2.75, 3.05) is 25.4 Å². The van der Waals surface area contributed by atoms with Gasteiger partial charge in [-0.15, -0.1) is 0 Å². The summed E-state index contributed by atoms with van der Waals surface area (Å²) in [4.78, 5) is 23.4. The average Bonchev–Trinajstić information content (AvgIpc) is 3.25. The summed E-state index contributed by atoms with van der Waals surface area (Å²) in [5, 5.41) is 4.04. The molecule has 1 aliphatic heterocycles. The smallest absolute Gasteiger partial charge is 0.242 e. The number of hydrogen-bond donors (Lipinski definition) is 1. The first kappa shape index (κ1) is 17.0. The second kappa shape index (κ2) is 8.30. The molecular formula is C17H23N5OS. The van der Waals surface area contributed by atoms with Gasteiger partial charge in [-0.2, -0.15) is 0 Å². The van der Waals surface area contributed by atoms with Crippen molar-refractivity contribution in [3.05, 3.63) is 42.5 Å². The van der Waals surface area contributed by atoms with Gasteiger partial charge in [-0.1, -0.05) is 17.8 Å². The van der Waals surface area contributed by atoms with Crippen molar-refractivity contribution in [1.29, 1.82) is 0 Å². The number of amides is 1. The van der Waals surface area contributed by atoms with Crippen LogP contribution in [0.5, 0.6) is 0 Å². The molecule has 3 heterocycles. The molecule has 1 fully saturated rings. The molecule has 0 radical (unpaired) electrons. The first-order valence-corrected chi connectivity index (χ1v) is 9.26. The van der Waals surface area contributed by atoms with Crippen LogP contribution in [-0.4, -0.2) is 50.7 Å². The van der Waals surface area contributed by atoms with Crippen LogP contribution in [0, 0.1) is 0 Å². The predicted molar refractivity (Wildman–Crippen MR) is 94.7 cm³/mol. The van der Waals surface area contributed by atoms with Crippen LogP contribution in [0.15, 0.2) is 42.1 Å². The highest BCUT2D eigenvalue weighted by Crippen LogP contribution is 2.24. The maximum atomic E-state index is 12.7. The fourth-order valence-corrected chi connectivity index (χ4v) is 3.76. The molecule has 0 aliphatic carbocycles. The van der Waals surface area contributed by atoms with Gasteiger partial charge in [0.1, 0.15) is 6.04 Å². The highest BCUT2D eigenvalue weighted by atomic mass is 32.2. The number of nitrogens with one attached hydrogen (secondary N) is 1. The van der Waals surface area contributed by atoms with Crippen LogP contribution in [-0.2, 0) is 11.8 Å². The molecule has 1 atom stereocenters. The molecule has 0 bridgehead atoms. The number of hydrogen-bond acceptors (Lipinski definition) is 5. The molecule has 2 aromatic rings. The Bertz CT molecular complexity index is 654. The summed E-state index contributed by atoms with van der Waals surface area (Å²) in [7, 11) is 1.97. The Morgan fingerprint density at radius 2 is 2.21 bits per heavy atom. The highest BCUT2D eigenvalue weighted by Gasteiger charge is 2.29. The van der Waals surface area contributed by atoms with Gasteiger partial charge in [-0.3, -0.25) is 14.7 Å². The number of carbonyl (C=O) groups is 1. The van der Waals surface area contributed by atoms with Crippen molar-refractivity contribution in [1.82, 2.24) is 24.8 Å². The van der Waals surface area contributed by atoms with Crippen molar-refractivity contribution in [3.63, 3.8) is 0 Å². The van der Waals surface area contributed by atoms with E-state index >= 15 is 0 Å². The molecule has 0 aromatic carbocycles. The van der Waals surface area contributed by atoms with Gasteiger partial charge in [0, 0.05) is 44.1 Å². The van der Waals surface area contributed by atoms with Gasteiger partial charge >= 0.3 is 0 Å². The summed E-state index contributed by atoms with van der Waals surface area (Å²) < 4.78 is 1.98. The zero-order valence-corrected chi connectivity index (χ0v) is 14.7. The van der Waals surface area contributed by atoms with Gasteiger partial charge in [0.15, 0.2) is 5.16 Å². The molecule has 1 amide bonds. The molecule has 1 aliphatic rings. The minimum Gasteiger partial charge on any atom is -0.354 e. The van der Waals surface area contributed by atoms with Crippen molar-refractivity contribution < 1.29 is 4.79 Å². The topological polar surface area (TPSA) is 63.1 Å². The zero-order chi connectivity index (χ0) is 16.8. The van der Waals surface area contributed by atoms with Crippen molar-refractivity contribution in [3.8, 4) is 0 Å². The number of likely N-dealkylation sites (tertiary alicyclic amines) is 1. The zero-order valence-electron chi connectivity index (χ0n) is 13.9. The van der Waals surface area contributed by atoms with Crippen LogP contribution >= 0.6 is 11.8 Å². The first-order chi connectivity index (χ1) is 11.8. The third-order valence-electron chi connectivity index (χ3n) is 4.16. The number of carbonyl (C=O) groups excluding carboxylic acids is 1. The SMILES string of the molecule is Cn1ccnc1SCCNC(=O)[C@@H](c1cccnc1)N1CCCC1. The van der Waals surface area contributed by atoms with Crippen LogP contribution in [0.25, 0.3) is 0 Å². The second-order valence-corrected chi connectivity index (χ2v) is 6.95. The Morgan fingerprint density at radius 3 is 2.88 bits per heavy atom. The largest absolute Gasteiger partial charge is 0.354 e. The molecule has 1 N–H and O–H groups in total. The predicted octanol–water partition coefficient (Wildman–Crippen LogP) is 1.86. The number of aryl methyl sites for hydroxylation is 1. The Balaban J connectivity index is 1.56. The summed E-state index contributed by atoms with van der Waals surface area (Å²) in [5.41, 5.74) is 0.966. The van der Waals surface area contributed by atoms with Crippen LogP contribution in [0.2, 0.25) is 0 Å². The molecule has 0 spiro atoms. The molecule has 6 nitrogen and oxygen atoms in total. The Labute approximate surface area is 146 Å². The average molecular weight is 345 g/mol. The summed E-state index contributed by atoms with van der Waals surface area (Å²) in [6.45, 7) is 2.56. The van der Waals surface area contributed by atoms with E-state index in [0.717, 1.165) is 42.4 Å². The molecule has 1 saturated heterocycles. The molecule has 2 aromatic heterocycles. The van der Waals surface area contributed by atoms with Crippen molar-refractivity contribution in [2.45, 2.75) is 24.0 Å². The van der Waals surface area contributed by atoms with Gasteiger partial charge in [-0.25, -0.2) is 4.98 Å². The normalized spacial score (nSPS) is 16.2. The second-order valence-electron chi connectivity index (χ2n) is 5.89. The van der Waals surface area contributed by atoms with E-state index in [1.807, 2.05) is 29.9 Å². The number of imidazole rings is 1. The van der Waals surface area contributed by atoms with Crippen LogP contribution in [0.3, 0.4) is 0 Å². The number of rotatable bonds is 7. The minimum atomic E-state index is -0.237. The third-order valence-corrected chi connectivity index (χ3v) is 5.22. The Morgan fingerprint density at radius 1 is 1.38 bits per heavy atom. The number of aromatic nitrogens is 3. The summed E-state index contributed by atoms with van der Waals surface area (Å²) in [5.74, 6) is 0.862. The quantitative estimate of drug-likeness (QED) is 0.613.